The maximum Gasteiger partial charge on any atom is 0.224 e. The van der Waals surface area contributed by atoms with Crippen LogP contribution in [0.4, 0.5) is 5.69 Å². The molecule has 0 atom stereocenters. The van der Waals surface area contributed by atoms with Crippen LogP contribution in [0.25, 0.3) is 5.65 Å². The minimum Gasteiger partial charge on any atom is -0.326 e. The molecular weight excluding hydrogens is 290 g/mol. The van der Waals surface area contributed by atoms with Crippen molar-refractivity contribution in [1.82, 2.24) is 19.8 Å². The van der Waals surface area contributed by atoms with E-state index < -0.39 is 0 Å². The molecule has 1 N–H and O–H groups in total. The number of fused-ring (bicyclic) bond motifs is 1. The van der Waals surface area contributed by atoms with Gasteiger partial charge in [-0.3, -0.25) is 4.79 Å². The number of carbonyl (C=O) groups excluding carboxylic acids is 1. The standard InChI is InChI=1S/C17H19N5O/c1-11-6-4-5-7-15(11)19-16(23)9-8-14-12(2)17-20-18-10-22(17)21-13(14)3/h4-7,10H,8-9H2,1-3H3,(H,19,23). The predicted octanol–water partition coefficient (Wildman–Crippen LogP) is 2.62. The molecule has 0 bridgehead atoms. The normalized spacial score (nSPS) is 10.9. The first-order valence-corrected chi connectivity index (χ1v) is 7.58. The summed E-state index contributed by atoms with van der Waals surface area (Å²) in [5.74, 6) is -0.000518. The Kier molecular flexibility index (Phi) is 4.06. The van der Waals surface area contributed by atoms with Gasteiger partial charge in [-0.05, 0) is 44.4 Å². The summed E-state index contributed by atoms with van der Waals surface area (Å²) in [6, 6.07) is 7.76. The lowest BCUT2D eigenvalue weighted by molar-refractivity contribution is -0.116. The lowest BCUT2D eigenvalue weighted by Gasteiger charge is -2.11. The van der Waals surface area contributed by atoms with Crippen LogP contribution in [-0.4, -0.2) is 25.7 Å². The highest BCUT2D eigenvalue weighted by Crippen LogP contribution is 2.18. The number of nitrogens with zero attached hydrogens (tertiary/aromatic N) is 4. The smallest absolute Gasteiger partial charge is 0.224 e. The van der Waals surface area contributed by atoms with E-state index >= 15 is 0 Å². The highest BCUT2D eigenvalue weighted by Gasteiger charge is 2.13. The summed E-state index contributed by atoms with van der Waals surface area (Å²) in [6.45, 7) is 5.92. The molecule has 0 unspecified atom stereocenters. The van der Waals surface area contributed by atoms with E-state index in [9.17, 15) is 4.79 Å². The van der Waals surface area contributed by atoms with E-state index in [-0.39, 0.29) is 5.91 Å². The molecule has 0 saturated heterocycles. The highest BCUT2D eigenvalue weighted by atomic mass is 16.1. The van der Waals surface area contributed by atoms with E-state index in [4.69, 9.17) is 0 Å². The second-order valence-corrected chi connectivity index (χ2v) is 5.65. The quantitative estimate of drug-likeness (QED) is 0.804. The number of rotatable bonds is 4. The molecule has 3 aromatic rings. The molecule has 0 aliphatic carbocycles. The van der Waals surface area contributed by atoms with Crippen LogP contribution in [0.2, 0.25) is 0 Å². The number of aromatic nitrogens is 4. The molecule has 23 heavy (non-hydrogen) atoms. The van der Waals surface area contributed by atoms with Crippen LogP contribution in [0.1, 0.15) is 28.8 Å². The van der Waals surface area contributed by atoms with Gasteiger partial charge in [0, 0.05) is 17.7 Å². The second kappa shape index (κ2) is 6.16. The van der Waals surface area contributed by atoms with E-state index in [2.05, 4.69) is 20.6 Å². The minimum atomic E-state index is -0.000518. The summed E-state index contributed by atoms with van der Waals surface area (Å²) in [7, 11) is 0. The number of anilines is 1. The maximum absolute atomic E-state index is 12.2. The molecule has 2 heterocycles. The van der Waals surface area contributed by atoms with Gasteiger partial charge in [-0.2, -0.15) is 5.10 Å². The molecule has 0 aliphatic heterocycles. The first-order chi connectivity index (χ1) is 11.1. The van der Waals surface area contributed by atoms with Crippen LogP contribution in [-0.2, 0) is 11.2 Å². The largest absolute Gasteiger partial charge is 0.326 e. The van der Waals surface area contributed by atoms with Gasteiger partial charge in [0.15, 0.2) is 5.65 Å². The molecule has 0 fully saturated rings. The van der Waals surface area contributed by atoms with Crippen molar-refractivity contribution in [3.8, 4) is 0 Å². The van der Waals surface area contributed by atoms with Crippen molar-refractivity contribution >= 4 is 17.2 Å². The Bertz CT molecular complexity index is 869. The average molecular weight is 309 g/mol. The number of aryl methyl sites for hydroxylation is 3. The fourth-order valence-electron chi connectivity index (χ4n) is 2.71. The summed E-state index contributed by atoms with van der Waals surface area (Å²) >= 11 is 0. The Morgan fingerprint density at radius 1 is 1.22 bits per heavy atom. The van der Waals surface area contributed by atoms with Gasteiger partial charge in [0.05, 0.1) is 5.69 Å². The van der Waals surface area contributed by atoms with Crippen molar-refractivity contribution in [2.24, 2.45) is 0 Å². The lowest BCUT2D eigenvalue weighted by atomic mass is 10.0. The van der Waals surface area contributed by atoms with Crippen molar-refractivity contribution in [2.45, 2.75) is 33.6 Å². The number of carbonyl (C=O) groups is 1. The van der Waals surface area contributed by atoms with Crippen molar-refractivity contribution in [2.75, 3.05) is 5.32 Å². The van der Waals surface area contributed by atoms with Gasteiger partial charge in [-0.25, -0.2) is 4.52 Å². The summed E-state index contributed by atoms with van der Waals surface area (Å²) in [4.78, 5) is 12.2. The van der Waals surface area contributed by atoms with E-state index in [1.54, 1.807) is 10.8 Å². The van der Waals surface area contributed by atoms with E-state index in [0.29, 0.717) is 12.8 Å². The van der Waals surface area contributed by atoms with Gasteiger partial charge >= 0.3 is 0 Å². The van der Waals surface area contributed by atoms with Crippen LogP contribution >= 0.6 is 0 Å². The molecule has 1 aromatic carbocycles. The Morgan fingerprint density at radius 3 is 2.78 bits per heavy atom. The third-order valence-corrected chi connectivity index (χ3v) is 4.03. The molecule has 6 nitrogen and oxygen atoms in total. The molecule has 0 spiro atoms. The summed E-state index contributed by atoms with van der Waals surface area (Å²) in [5, 5.41) is 15.3. The minimum absolute atomic E-state index is 0.000518. The highest BCUT2D eigenvalue weighted by molar-refractivity contribution is 5.91. The Labute approximate surface area is 134 Å². The fraction of sp³-hybridized carbons (Fsp3) is 0.294. The van der Waals surface area contributed by atoms with Crippen LogP contribution in [0.15, 0.2) is 30.6 Å². The zero-order valence-corrected chi connectivity index (χ0v) is 13.5. The van der Waals surface area contributed by atoms with Crippen molar-refractivity contribution < 1.29 is 4.79 Å². The summed E-state index contributed by atoms with van der Waals surface area (Å²) in [6.07, 6.45) is 2.62. The first kappa shape index (κ1) is 15.1. The molecule has 3 rings (SSSR count). The van der Waals surface area contributed by atoms with Crippen LogP contribution in [0.5, 0.6) is 0 Å². The fourth-order valence-corrected chi connectivity index (χ4v) is 2.71. The Hall–Kier alpha value is -2.76. The number of benzene rings is 1. The predicted molar refractivity (Wildman–Crippen MR) is 88.4 cm³/mol. The van der Waals surface area contributed by atoms with Crippen molar-refractivity contribution in [3.63, 3.8) is 0 Å². The van der Waals surface area contributed by atoms with Gasteiger partial charge in [-0.1, -0.05) is 18.2 Å². The number of nitrogens with one attached hydrogen (secondary N) is 1. The number of para-hydroxylation sites is 1. The van der Waals surface area contributed by atoms with E-state index in [1.165, 1.54) is 0 Å². The lowest BCUT2D eigenvalue weighted by Crippen LogP contribution is -2.14. The SMILES string of the molecule is Cc1ccccc1NC(=O)CCc1c(C)nn2cnnc2c1C. The second-order valence-electron chi connectivity index (χ2n) is 5.65. The Morgan fingerprint density at radius 2 is 2.00 bits per heavy atom. The molecular formula is C17H19N5O. The number of hydrogen-bond acceptors (Lipinski definition) is 4. The van der Waals surface area contributed by atoms with E-state index in [1.807, 2.05) is 45.0 Å². The van der Waals surface area contributed by atoms with Gasteiger partial charge < -0.3 is 5.32 Å². The first-order valence-electron chi connectivity index (χ1n) is 7.58. The van der Waals surface area contributed by atoms with Gasteiger partial charge in [0.2, 0.25) is 5.91 Å². The van der Waals surface area contributed by atoms with Crippen molar-refractivity contribution in [3.05, 3.63) is 53.0 Å². The topological polar surface area (TPSA) is 72.2 Å². The third-order valence-electron chi connectivity index (χ3n) is 4.03. The molecule has 0 saturated carbocycles. The molecule has 0 radical (unpaired) electrons. The zero-order chi connectivity index (χ0) is 16.4. The van der Waals surface area contributed by atoms with Gasteiger partial charge in [-0.15, -0.1) is 10.2 Å². The third kappa shape index (κ3) is 3.06. The summed E-state index contributed by atoms with van der Waals surface area (Å²) < 4.78 is 1.67. The molecule has 1 amide bonds. The molecule has 0 aliphatic rings. The maximum atomic E-state index is 12.2. The average Bonchev–Trinajstić information content (AvgIpc) is 2.98. The number of hydrogen-bond donors (Lipinski definition) is 1. The van der Waals surface area contributed by atoms with E-state index in [0.717, 1.165) is 33.7 Å². The van der Waals surface area contributed by atoms with Gasteiger partial charge in [0.1, 0.15) is 6.33 Å². The Balaban J connectivity index is 1.73. The van der Waals surface area contributed by atoms with Crippen molar-refractivity contribution in [1.29, 1.82) is 0 Å². The monoisotopic (exact) mass is 309 g/mol. The van der Waals surface area contributed by atoms with Gasteiger partial charge in [0.25, 0.3) is 0 Å². The molecule has 6 heteroatoms. The molecule has 2 aromatic heterocycles. The number of amides is 1. The molecule has 118 valence electrons. The summed E-state index contributed by atoms with van der Waals surface area (Å²) in [5.41, 5.74) is 5.64. The zero-order valence-electron chi connectivity index (χ0n) is 13.5. The van der Waals surface area contributed by atoms with Crippen LogP contribution < -0.4 is 5.32 Å². The van der Waals surface area contributed by atoms with Crippen LogP contribution in [0, 0.1) is 20.8 Å². The van der Waals surface area contributed by atoms with Crippen LogP contribution in [0.3, 0.4) is 0 Å².